The van der Waals surface area contributed by atoms with E-state index in [1.807, 2.05) is 50.2 Å². The lowest BCUT2D eigenvalue weighted by molar-refractivity contribution is -0.141. The van der Waals surface area contributed by atoms with Gasteiger partial charge in [-0.25, -0.2) is 9.67 Å². The number of aryl methyl sites for hydroxylation is 1. The van der Waals surface area contributed by atoms with E-state index in [0.717, 1.165) is 16.8 Å². The lowest BCUT2D eigenvalue weighted by Gasteiger charge is -2.31. The highest BCUT2D eigenvalue weighted by Crippen LogP contribution is 2.27. The first-order valence-electron chi connectivity index (χ1n) is 9.43. The summed E-state index contributed by atoms with van der Waals surface area (Å²) in [6.45, 7) is 3.79. The zero-order chi connectivity index (χ0) is 20.8. The third-order valence-electron chi connectivity index (χ3n) is 4.84. The highest BCUT2D eigenvalue weighted by Gasteiger charge is 2.27. The van der Waals surface area contributed by atoms with E-state index in [1.54, 1.807) is 28.0 Å². The SMILES string of the molecule is CC[C@H](c1ccccc1)N(CC(=O)OC)C(=O)c1ccc(-n2cncn2)c(C)c1. The monoisotopic (exact) mass is 392 g/mol. The Bertz CT molecular complexity index is 971. The molecule has 0 aliphatic carbocycles. The van der Waals surface area contributed by atoms with Crippen molar-refractivity contribution in [3.63, 3.8) is 0 Å². The number of aromatic nitrogens is 3. The molecule has 1 heterocycles. The zero-order valence-corrected chi connectivity index (χ0v) is 16.8. The van der Waals surface area contributed by atoms with Crippen LogP contribution in [-0.2, 0) is 9.53 Å². The molecule has 0 fully saturated rings. The first kappa shape index (κ1) is 20.3. The second-order valence-electron chi connectivity index (χ2n) is 6.69. The van der Waals surface area contributed by atoms with E-state index < -0.39 is 5.97 Å². The molecule has 0 spiro atoms. The van der Waals surface area contributed by atoms with Gasteiger partial charge in [0.05, 0.1) is 18.8 Å². The van der Waals surface area contributed by atoms with Crippen LogP contribution < -0.4 is 0 Å². The summed E-state index contributed by atoms with van der Waals surface area (Å²) >= 11 is 0. The minimum absolute atomic E-state index is 0.118. The van der Waals surface area contributed by atoms with Gasteiger partial charge in [0.2, 0.25) is 0 Å². The second kappa shape index (κ2) is 9.14. The molecule has 3 rings (SSSR count). The van der Waals surface area contributed by atoms with Crippen LogP contribution in [0.2, 0.25) is 0 Å². The molecule has 7 nitrogen and oxygen atoms in total. The number of esters is 1. The van der Waals surface area contributed by atoms with Crippen LogP contribution in [0.15, 0.2) is 61.2 Å². The maximum atomic E-state index is 13.4. The molecule has 0 saturated heterocycles. The van der Waals surface area contributed by atoms with Crippen molar-refractivity contribution in [2.45, 2.75) is 26.3 Å². The zero-order valence-electron chi connectivity index (χ0n) is 16.8. The summed E-state index contributed by atoms with van der Waals surface area (Å²) in [4.78, 5) is 31.0. The minimum atomic E-state index is -0.455. The number of ether oxygens (including phenoxy) is 1. The number of methoxy groups -OCH3 is 1. The number of hydrogen-bond donors (Lipinski definition) is 0. The molecule has 1 atom stereocenters. The molecule has 1 amide bonds. The van der Waals surface area contributed by atoms with Crippen molar-refractivity contribution in [3.8, 4) is 5.69 Å². The molecule has 150 valence electrons. The topological polar surface area (TPSA) is 77.3 Å². The molecule has 0 aliphatic heterocycles. The van der Waals surface area contributed by atoms with E-state index in [-0.39, 0.29) is 18.5 Å². The van der Waals surface area contributed by atoms with E-state index in [9.17, 15) is 9.59 Å². The minimum Gasteiger partial charge on any atom is -0.468 e. The van der Waals surface area contributed by atoms with Gasteiger partial charge >= 0.3 is 5.97 Å². The Labute approximate surface area is 169 Å². The number of carbonyl (C=O) groups is 2. The Balaban J connectivity index is 1.96. The largest absolute Gasteiger partial charge is 0.468 e. The van der Waals surface area contributed by atoms with E-state index in [1.165, 1.54) is 13.4 Å². The van der Waals surface area contributed by atoms with Gasteiger partial charge in [-0.3, -0.25) is 9.59 Å². The Morgan fingerprint density at radius 1 is 1.17 bits per heavy atom. The summed E-state index contributed by atoms with van der Waals surface area (Å²) in [6.07, 6.45) is 3.74. The maximum absolute atomic E-state index is 13.4. The summed E-state index contributed by atoms with van der Waals surface area (Å²) in [7, 11) is 1.32. The predicted octanol–water partition coefficient (Wildman–Crippen LogP) is 3.34. The van der Waals surface area contributed by atoms with E-state index >= 15 is 0 Å². The second-order valence-corrected chi connectivity index (χ2v) is 6.69. The lowest BCUT2D eigenvalue weighted by atomic mass is 10.0. The van der Waals surface area contributed by atoms with Gasteiger partial charge in [0.25, 0.3) is 5.91 Å². The van der Waals surface area contributed by atoms with Crippen LogP contribution in [0.3, 0.4) is 0 Å². The first-order chi connectivity index (χ1) is 14.0. The molecule has 0 unspecified atom stereocenters. The number of benzene rings is 2. The van der Waals surface area contributed by atoms with Crippen molar-refractivity contribution in [2.24, 2.45) is 0 Å². The molecule has 0 aliphatic rings. The molecule has 29 heavy (non-hydrogen) atoms. The van der Waals surface area contributed by atoms with Crippen LogP contribution in [-0.4, -0.2) is 45.2 Å². The summed E-state index contributed by atoms with van der Waals surface area (Å²) in [5.41, 5.74) is 3.20. The summed E-state index contributed by atoms with van der Waals surface area (Å²) in [5, 5.41) is 4.14. The summed E-state index contributed by atoms with van der Waals surface area (Å²) in [5.74, 6) is -0.678. The van der Waals surface area contributed by atoms with Crippen LogP contribution in [0, 0.1) is 6.92 Å². The number of carbonyl (C=O) groups excluding carboxylic acids is 2. The Kier molecular flexibility index (Phi) is 6.39. The molecule has 7 heteroatoms. The fraction of sp³-hybridized carbons (Fsp3) is 0.273. The van der Waals surface area contributed by atoms with Crippen LogP contribution in [0.4, 0.5) is 0 Å². The number of hydrogen-bond acceptors (Lipinski definition) is 5. The third kappa shape index (κ3) is 4.51. The predicted molar refractivity (Wildman–Crippen MR) is 109 cm³/mol. The first-order valence-corrected chi connectivity index (χ1v) is 9.43. The van der Waals surface area contributed by atoms with Crippen LogP contribution >= 0.6 is 0 Å². The van der Waals surface area contributed by atoms with Crippen molar-refractivity contribution in [1.29, 1.82) is 0 Å². The van der Waals surface area contributed by atoms with Crippen molar-refractivity contribution >= 4 is 11.9 Å². The third-order valence-corrected chi connectivity index (χ3v) is 4.84. The van der Waals surface area contributed by atoms with Gasteiger partial charge in [-0.2, -0.15) is 5.10 Å². The van der Waals surface area contributed by atoms with Crippen LogP contribution in [0.25, 0.3) is 5.69 Å². The Morgan fingerprint density at radius 2 is 1.93 bits per heavy atom. The smallest absolute Gasteiger partial charge is 0.325 e. The van der Waals surface area contributed by atoms with Crippen LogP contribution in [0.5, 0.6) is 0 Å². The van der Waals surface area contributed by atoms with Gasteiger partial charge in [0.1, 0.15) is 19.2 Å². The molecule has 0 N–H and O–H groups in total. The quantitative estimate of drug-likeness (QED) is 0.576. The van der Waals surface area contributed by atoms with Gasteiger partial charge in [0.15, 0.2) is 0 Å². The van der Waals surface area contributed by atoms with Gasteiger partial charge in [0, 0.05) is 5.56 Å². The van der Waals surface area contributed by atoms with Gasteiger partial charge in [-0.05, 0) is 42.7 Å². The molecule has 1 aromatic heterocycles. The van der Waals surface area contributed by atoms with Crippen molar-refractivity contribution in [3.05, 3.63) is 77.9 Å². The molecule has 3 aromatic rings. The van der Waals surface area contributed by atoms with E-state index in [2.05, 4.69) is 10.1 Å². The molecule has 0 radical (unpaired) electrons. The average Bonchev–Trinajstić information content (AvgIpc) is 3.28. The normalized spacial score (nSPS) is 11.7. The van der Waals surface area contributed by atoms with Crippen molar-refractivity contribution in [2.75, 3.05) is 13.7 Å². The lowest BCUT2D eigenvalue weighted by Crippen LogP contribution is -2.39. The molecule has 0 bridgehead atoms. The standard InChI is InChI=1S/C22H24N4O3/c1-4-19(17-8-6-5-7-9-17)25(13-21(27)29-3)22(28)18-10-11-20(16(2)12-18)26-15-23-14-24-26/h5-12,14-15,19H,4,13H2,1-3H3/t19-/m1/s1. The summed E-state index contributed by atoms with van der Waals surface area (Å²) in [6, 6.07) is 14.8. The van der Waals surface area contributed by atoms with Gasteiger partial charge in [-0.15, -0.1) is 0 Å². The number of nitrogens with zero attached hydrogens (tertiary/aromatic N) is 4. The highest BCUT2D eigenvalue weighted by atomic mass is 16.5. The molecular weight excluding hydrogens is 368 g/mol. The van der Waals surface area contributed by atoms with Crippen molar-refractivity contribution < 1.29 is 14.3 Å². The Morgan fingerprint density at radius 3 is 2.52 bits per heavy atom. The van der Waals surface area contributed by atoms with Gasteiger partial charge in [-0.1, -0.05) is 37.3 Å². The van der Waals surface area contributed by atoms with Gasteiger partial charge < -0.3 is 9.64 Å². The maximum Gasteiger partial charge on any atom is 0.325 e. The molecular formula is C22H24N4O3. The fourth-order valence-electron chi connectivity index (χ4n) is 3.38. The fourth-order valence-corrected chi connectivity index (χ4v) is 3.38. The highest BCUT2D eigenvalue weighted by molar-refractivity contribution is 5.96. The number of amides is 1. The van der Waals surface area contributed by atoms with Crippen LogP contribution in [0.1, 0.15) is 40.9 Å². The van der Waals surface area contributed by atoms with E-state index in [0.29, 0.717) is 12.0 Å². The summed E-state index contributed by atoms with van der Waals surface area (Å²) < 4.78 is 6.49. The molecule has 2 aromatic carbocycles. The number of rotatable bonds is 7. The Hall–Kier alpha value is -3.48. The van der Waals surface area contributed by atoms with Crippen molar-refractivity contribution in [1.82, 2.24) is 19.7 Å². The average molecular weight is 392 g/mol. The molecule has 0 saturated carbocycles. The van der Waals surface area contributed by atoms with E-state index in [4.69, 9.17) is 4.74 Å².